The number of aromatic carboxylic acids is 1. The van der Waals surface area contributed by atoms with Crippen LogP contribution >= 0.6 is 0 Å². The number of carbonyl (C=O) groups excluding carboxylic acids is 1. The van der Waals surface area contributed by atoms with Crippen molar-refractivity contribution in [2.75, 3.05) is 5.32 Å². The summed E-state index contributed by atoms with van der Waals surface area (Å²) in [5, 5.41) is 13.9. The quantitative estimate of drug-likeness (QED) is 0.766. The van der Waals surface area contributed by atoms with Gasteiger partial charge >= 0.3 is 12.0 Å². The maximum absolute atomic E-state index is 11.5. The molecule has 96 valence electrons. The highest BCUT2D eigenvalue weighted by atomic mass is 16.4. The van der Waals surface area contributed by atoms with Gasteiger partial charge in [0.25, 0.3) is 0 Å². The molecule has 0 aromatic heterocycles. The Morgan fingerprint density at radius 2 is 2.06 bits per heavy atom. The number of carboxylic acid groups (broad SMARTS) is 1. The number of carbonyl (C=O) groups is 2. The minimum absolute atomic E-state index is 0.130. The fourth-order valence-electron chi connectivity index (χ4n) is 1.21. The van der Waals surface area contributed by atoms with Crippen LogP contribution in [0, 0.1) is 5.92 Å². The molecule has 0 unspecified atom stereocenters. The van der Waals surface area contributed by atoms with Gasteiger partial charge in [0.2, 0.25) is 0 Å². The molecule has 0 saturated heterocycles. The van der Waals surface area contributed by atoms with Crippen molar-refractivity contribution < 1.29 is 14.7 Å². The lowest BCUT2D eigenvalue weighted by molar-refractivity contribution is 0.0697. The van der Waals surface area contributed by atoms with Crippen LogP contribution in [0.5, 0.6) is 0 Å². The average molecular weight is 248 g/mol. The summed E-state index contributed by atoms with van der Waals surface area (Å²) in [4.78, 5) is 22.2. The standard InChI is InChI=1S/C13H16N2O3/c1-9(2)6-7-14-13(18)15-11-5-3-4-10(8-11)12(16)17/h3-9H,1-2H3,(H,16,17)(H2,14,15,18)/b7-6+. The summed E-state index contributed by atoms with van der Waals surface area (Å²) in [5.41, 5.74) is 0.566. The normalized spacial score (nSPS) is 10.6. The number of rotatable bonds is 4. The van der Waals surface area contributed by atoms with Gasteiger partial charge < -0.3 is 15.7 Å². The molecule has 5 nitrogen and oxygen atoms in total. The first-order valence-corrected chi connectivity index (χ1v) is 5.56. The molecule has 0 aliphatic heterocycles. The Balaban J connectivity index is 2.59. The van der Waals surface area contributed by atoms with E-state index >= 15 is 0 Å². The number of allylic oxidation sites excluding steroid dienone is 1. The molecule has 1 aromatic rings. The van der Waals surface area contributed by atoms with Crippen molar-refractivity contribution in [3.63, 3.8) is 0 Å². The minimum Gasteiger partial charge on any atom is -0.478 e. The van der Waals surface area contributed by atoms with Crippen LogP contribution in [0.1, 0.15) is 24.2 Å². The highest BCUT2D eigenvalue weighted by Gasteiger charge is 2.04. The zero-order valence-electron chi connectivity index (χ0n) is 10.3. The fraction of sp³-hybridized carbons (Fsp3) is 0.231. The number of hydrogen-bond donors (Lipinski definition) is 3. The van der Waals surface area contributed by atoms with E-state index in [1.807, 2.05) is 19.9 Å². The first-order valence-electron chi connectivity index (χ1n) is 5.56. The van der Waals surface area contributed by atoms with Gasteiger partial charge in [-0.15, -0.1) is 0 Å². The molecular weight excluding hydrogens is 232 g/mol. The van der Waals surface area contributed by atoms with Gasteiger partial charge in [-0.3, -0.25) is 0 Å². The SMILES string of the molecule is CC(C)/C=C/NC(=O)Nc1cccc(C(=O)O)c1. The van der Waals surface area contributed by atoms with E-state index in [4.69, 9.17) is 5.11 Å². The highest BCUT2D eigenvalue weighted by molar-refractivity contribution is 5.93. The Morgan fingerprint density at radius 1 is 1.33 bits per heavy atom. The lowest BCUT2D eigenvalue weighted by Crippen LogP contribution is -2.24. The van der Waals surface area contributed by atoms with Crippen molar-refractivity contribution in [2.45, 2.75) is 13.8 Å². The topological polar surface area (TPSA) is 78.4 Å². The monoisotopic (exact) mass is 248 g/mol. The van der Waals surface area contributed by atoms with Crippen molar-refractivity contribution >= 4 is 17.7 Å². The van der Waals surface area contributed by atoms with Gasteiger partial charge in [0.1, 0.15) is 0 Å². The van der Waals surface area contributed by atoms with Crippen LogP contribution in [-0.2, 0) is 0 Å². The minimum atomic E-state index is -1.03. The maximum atomic E-state index is 11.5. The third-order valence-corrected chi connectivity index (χ3v) is 2.06. The van der Waals surface area contributed by atoms with Crippen LogP contribution in [-0.4, -0.2) is 17.1 Å². The Kier molecular flexibility index (Phi) is 4.92. The first-order chi connectivity index (χ1) is 8.49. The zero-order valence-corrected chi connectivity index (χ0v) is 10.3. The molecule has 18 heavy (non-hydrogen) atoms. The summed E-state index contributed by atoms with van der Waals surface area (Å²) >= 11 is 0. The van der Waals surface area contributed by atoms with E-state index in [1.54, 1.807) is 18.3 Å². The Labute approximate surface area is 106 Å². The molecule has 2 amide bonds. The summed E-state index contributed by atoms with van der Waals surface area (Å²) in [6.07, 6.45) is 3.40. The molecule has 0 fully saturated rings. The second-order valence-corrected chi connectivity index (χ2v) is 4.09. The molecule has 0 atom stereocenters. The molecular formula is C13H16N2O3. The van der Waals surface area contributed by atoms with Crippen LogP contribution in [0.15, 0.2) is 36.5 Å². The molecule has 0 radical (unpaired) electrons. The van der Waals surface area contributed by atoms with Crippen LogP contribution in [0.4, 0.5) is 10.5 Å². The lowest BCUT2D eigenvalue weighted by atomic mass is 10.2. The van der Waals surface area contributed by atoms with Crippen molar-refractivity contribution in [1.29, 1.82) is 0 Å². The second-order valence-electron chi connectivity index (χ2n) is 4.09. The van der Waals surface area contributed by atoms with Gasteiger partial charge in [-0.1, -0.05) is 26.0 Å². The Hall–Kier alpha value is -2.30. The molecule has 0 aliphatic carbocycles. The molecule has 0 spiro atoms. The predicted octanol–water partition coefficient (Wildman–Crippen LogP) is 2.68. The van der Waals surface area contributed by atoms with E-state index in [-0.39, 0.29) is 5.56 Å². The van der Waals surface area contributed by atoms with E-state index in [9.17, 15) is 9.59 Å². The summed E-state index contributed by atoms with van der Waals surface area (Å²) in [6.45, 7) is 3.98. The molecule has 0 aliphatic rings. The van der Waals surface area contributed by atoms with Gasteiger partial charge in [0.15, 0.2) is 0 Å². The zero-order chi connectivity index (χ0) is 13.5. The summed E-state index contributed by atoms with van der Waals surface area (Å²) < 4.78 is 0. The van der Waals surface area contributed by atoms with E-state index in [0.29, 0.717) is 11.6 Å². The summed E-state index contributed by atoms with van der Waals surface area (Å²) in [6, 6.07) is 5.65. The molecule has 0 bridgehead atoms. The molecule has 1 rings (SSSR count). The molecule has 3 N–H and O–H groups in total. The second kappa shape index (κ2) is 6.44. The van der Waals surface area contributed by atoms with Crippen LogP contribution in [0.25, 0.3) is 0 Å². The molecule has 0 saturated carbocycles. The molecule has 1 aromatic carbocycles. The van der Waals surface area contributed by atoms with Gasteiger partial charge in [0, 0.05) is 11.9 Å². The number of anilines is 1. The van der Waals surface area contributed by atoms with Gasteiger partial charge in [-0.05, 0) is 24.1 Å². The Morgan fingerprint density at radius 3 is 2.67 bits per heavy atom. The maximum Gasteiger partial charge on any atom is 0.335 e. The van der Waals surface area contributed by atoms with Crippen LogP contribution in [0.3, 0.4) is 0 Å². The van der Waals surface area contributed by atoms with Gasteiger partial charge in [-0.25, -0.2) is 9.59 Å². The Bertz CT molecular complexity index is 467. The smallest absolute Gasteiger partial charge is 0.335 e. The average Bonchev–Trinajstić information content (AvgIpc) is 2.28. The van der Waals surface area contributed by atoms with E-state index < -0.39 is 12.0 Å². The van der Waals surface area contributed by atoms with Gasteiger partial charge in [-0.2, -0.15) is 0 Å². The van der Waals surface area contributed by atoms with Crippen molar-refractivity contribution in [3.8, 4) is 0 Å². The van der Waals surface area contributed by atoms with E-state index in [1.165, 1.54) is 12.1 Å². The number of amides is 2. The van der Waals surface area contributed by atoms with E-state index in [0.717, 1.165) is 0 Å². The fourth-order valence-corrected chi connectivity index (χ4v) is 1.21. The van der Waals surface area contributed by atoms with Crippen molar-refractivity contribution in [1.82, 2.24) is 5.32 Å². The highest BCUT2D eigenvalue weighted by Crippen LogP contribution is 2.10. The lowest BCUT2D eigenvalue weighted by Gasteiger charge is -2.05. The number of hydrogen-bond acceptors (Lipinski definition) is 2. The van der Waals surface area contributed by atoms with Crippen LogP contribution in [0.2, 0.25) is 0 Å². The van der Waals surface area contributed by atoms with E-state index in [2.05, 4.69) is 10.6 Å². The predicted molar refractivity (Wildman–Crippen MR) is 69.5 cm³/mol. The molecule has 0 heterocycles. The number of carboxylic acids is 1. The number of benzene rings is 1. The number of urea groups is 1. The molecule has 5 heteroatoms. The van der Waals surface area contributed by atoms with Crippen molar-refractivity contribution in [2.24, 2.45) is 5.92 Å². The first kappa shape index (κ1) is 13.8. The van der Waals surface area contributed by atoms with Crippen molar-refractivity contribution in [3.05, 3.63) is 42.1 Å². The third-order valence-electron chi connectivity index (χ3n) is 2.06. The number of nitrogens with one attached hydrogen (secondary N) is 2. The summed E-state index contributed by atoms with van der Waals surface area (Å²) in [7, 11) is 0. The summed E-state index contributed by atoms with van der Waals surface area (Å²) in [5.74, 6) is -0.681. The third kappa shape index (κ3) is 4.69. The van der Waals surface area contributed by atoms with Crippen LogP contribution < -0.4 is 10.6 Å². The van der Waals surface area contributed by atoms with Gasteiger partial charge in [0.05, 0.1) is 5.56 Å². The largest absolute Gasteiger partial charge is 0.478 e.